The zero-order valence-corrected chi connectivity index (χ0v) is 14.5. The summed E-state index contributed by atoms with van der Waals surface area (Å²) in [6.45, 7) is 2.37. The van der Waals surface area contributed by atoms with Crippen LogP contribution in [0.25, 0.3) is 0 Å². The summed E-state index contributed by atoms with van der Waals surface area (Å²) in [5, 5.41) is 12.9. The fraction of sp³-hybridized carbons (Fsp3) is 0.471. The molecule has 2 atom stereocenters. The Labute approximate surface area is 146 Å². The van der Waals surface area contributed by atoms with Crippen LogP contribution in [0.4, 0.5) is 0 Å². The molecule has 4 nitrogen and oxygen atoms in total. The predicted octanol–water partition coefficient (Wildman–Crippen LogP) is 3.49. The van der Waals surface area contributed by atoms with E-state index in [9.17, 15) is 4.79 Å². The highest BCUT2D eigenvalue weighted by atomic mass is 35.5. The van der Waals surface area contributed by atoms with E-state index in [1.807, 2.05) is 6.07 Å². The zero-order chi connectivity index (χ0) is 16.8. The maximum atomic E-state index is 11.7. The Kier molecular flexibility index (Phi) is 6.90. The van der Waals surface area contributed by atoms with Crippen molar-refractivity contribution < 1.29 is 14.6 Å². The molecule has 0 heterocycles. The summed E-state index contributed by atoms with van der Waals surface area (Å²) in [6, 6.07) is 5.46. The smallest absolute Gasteiger partial charge is 0.244 e. The summed E-state index contributed by atoms with van der Waals surface area (Å²) in [4.78, 5) is 11.7. The normalized spacial score (nSPS) is 20.7. The number of aliphatic hydroxyl groups excluding tert-OH is 1. The zero-order valence-electron chi connectivity index (χ0n) is 13.0. The van der Waals surface area contributed by atoms with Gasteiger partial charge in [0.05, 0.1) is 28.9 Å². The van der Waals surface area contributed by atoms with Crippen molar-refractivity contribution in [3.05, 3.63) is 45.5 Å². The van der Waals surface area contributed by atoms with E-state index in [0.29, 0.717) is 16.7 Å². The van der Waals surface area contributed by atoms with E-state index in [1.54, 1.807) is 25.1 Å². The van der Waals surface area contributed by atoms with Crippen molar-refractivity contribution in [2.75, 3.05) is 6.54 Å². The third-order valence-corrected chi connectivity index (χ3v) is 4.39. The van der Waals surface area contributed by atoms with Crippen LogP contribution in [-0.4, -0.2) is 29.8 Å². The SMILES string of the molecule is C[C@@H](O)CNC(=O)C=C1CCC(OCc2ccc(Cl)c(Cl)c2)C1. The highest BCUT2D eigenvalue weighted by Crippen LogP contribution is 2.28. The number of carbonyl (C=O) groups is 1. The molecule has 0 aliphatic heterocycles. The van der Waals surface area contributed by atoms with Gasteiger partial charge in [-0.05, 0) is 43.9 Å². The van der Waals surface area contributed by atoms with Crippen molar-refractivity contribution in [1.29, 1.82) is 0 Å². The van der Waals surface area contributed by atoms with Crippen molar-refractivity contribution in [1.82, 2.24) is 5.32 Å². The molecule has 1 amide bonds. The fourth-order valence-electron chi connectivity index (χ4n) is 2.44. The first-order valence-electron chi connectivity index (χ1n) is 7.65. The van der Waals surface area contributed by atoms with E-state index in [2.05, 4.69) is 5.32 Å². The van der Waals surface area contributed by atoms with Gasteiger partial charge in [-0.1, -0.05) is 34.8 Å². The number of halogens is 2. The van der Waals surface area contributed by atoms with Gasteiger partial charge in [-0.15, -0.1) is 0 Å². The molecular weight excluding hydrogens is 337 g/mol. The minimum absolute atomic E-state index is 0.111. The summed E-state index contributed by atoms with van der Waals surface area (Å²) in [7, 11) is 0. The summed E-state index contributed by atoms with van der Waals surface area (Å²) >= 11 is 11.9. The Morgan fingerprint density at radius 2 is 2.26 bits per heavy atom. The molecule has 1 aromatic carbocycles. The average Bonchev–Trinajstić information content (AvgIpc) is 2.94. The minimum atomic E-state index is -0.539. The van der Waals surface area contributed by atoms with Crippen molar-refractivity contribution >= 4 is 29.1 Å². The van der Waals surface area contributed by atoms with Crippen LogP contribution in [0.2, 0.25) is 10.0 Å². The Bertz CT molecular complexity index is 587. The number of ether oxygens (including phenoxy) is 1. The van der Waals surface area contributed by atoms with Crippen molar-refractivity contribution in [2.45, 2.75) is 45.0 Å². The number of amides is 1. The number of aliphatic hydroxyl groups is 1. The van der Waals surface area contributed by atoms with E-state index < -0.39 is 6.10 Å². The van der Waals surface area contributed by atoms with Gasteiger partial charge in [0.2, 0.25) is 5.91 Å². The molecule has 0 bridgehead atoms. The second-order valence-corrected chi connectivity index (χ2v) is 6.64. The molecule has 1 unspecified atom stereocenters. The highest BCUT2D eigenvalue weighted by molar-refractivity contribution is 6.42. The van der Waals surface area contributed by atoms with E-state index in [0.717, 1.165) is 30.4 Å². The molecule has 2 rings (SSSR count). The molecule has 0 saturated heterocycles. The van der Waals surface area contributed by atoms with E-state index in [1.165, 1.54) is 0 Å². The topological polar surface area (TPSA) is 58.6 Å². The number of rotatable bonds is 6. The minimum Gasteiger partial charge on any atom is -0.392 e. The quantitative estimate of drug-likeness (QED) is 0.766. The summed E-state index contributed by atoms with van der Waals surface area (Å²) in [5.41, 5.74) is 2.05. The van der Waals surface area contributed by atoms with E-state index >= 15 is 0 Å². The number of hydrogen-bond acceptors (Lipinski definition) is 3. The third kappa shape index (κ3) is 6.15. The lowest BCUT2D eigenvalue weighted by atomic mass is 10.2. The van der Waals surface area contributed by atoms with Crippen molar-refractivity contribution in [3.8, 4) is 0 Å². The maximum Gasteiger partial charge on any atom is 0.244 e. The third-order valence-electron chi connectivity index (χ3n) is 3.65. The second-order valence-electron chi connectivity index (χ2n) is 5.82. The van der Waals surface area contributed by atoms with Gasteiger partial charge in [-0.3, -0.25) is 4.79 Å². The first-order chi connectivity index (χ1) is 10.9. The van der Waals surface area contributed by atoms with Gasteiger partial charge in [0.1, 0.15) is 0 Å². The molecule has 126 valence electrons. The van der Waals surface area contributed by atoms with Crippen molar-refractivity contribution in [3.63, 3.8) is 0 Å². The molecule has 1 fully saturated rings. The summed E-state index contributed by atoms with van der Waals surface area (Å²) < 4.78 is 5.88. The van der Waals surface area contributed by atoms with Gasteiger partial charge in [0.15, 0.2) is 0 Å². The number of hydrogen-bond donors (Lipinski definition) is 2. The largest absolute Gasteiger partial charge is 0.392 e. The maximum absolute atomic E-state index is 11.7. The monoisotopic (exact) mass is 357 g/mol. The standard InChI is InChI=1S/C17H21Cl2NO3/c1-11(21)9-20-17(22)8-12-2-4-14(6-12)23-10-13-3-5-15(18)16(19)7-13/h3,5,7-8,11,14,21H,2,4,6,9-10H2,1H3,(H,20,22)/t11-,14?/m1/s1. The lowest BCUT2D eigenvalue weighted by Gasteiger charge is -2.11. The van der Waals surface area contributed by atoms with Crippen LogP contribution >= 0.6 is 23.2 Å². The van der Waals surface area contributed by atoms with Crippen LogP contribution in [0.15, 0.2) is 29.8 Å². The van der Waals surface area contributed by atoms with Gasteiger partial charge in [-0.25, -0.2) is 0 Å². The molecule has 0 spiro atoms. The molecule has 1 aliphatic carbocycles. The number of benzene rings is 1. The second kappa shape index (κ2) is 8.69. The highest BCUT2D eigenvalue weighted by Gasteiger charge is 2.20. The molecule has 23 heavy (non-hydrogen) atoms. The van der Waals surface area contributed by atoms with Crippen LogP contribution in [0.5, 0.6) is 0 Å². The van der Waals surface area contributed by atoms with Gasteiger partial charge in [0.25, 0.3) is 0 Å². The van der Waals surface area contributed by atoms with E-state index in [-0.39, 0.29) is 18.6 Å². The van der Waals surface area contributed by atoms with Crippen molar-refractivity contribution in [2.24, 2.45) is 0 Å². The number of carbonyl (C=O) groups excluding carboxylic acids is 1. The number of nitrogens with one attached hydrogen (secondary N) is 1. The van der Waals surface area contributed by atoms with E-state index in [4.69, 9.17) is 33.0 Å². The molecule has 0 radical (unpaired) electrons. The Hall–Kier alpha value is -1.07. The lowest BCUT2D eigenvalue weighted by molar-refractivity contribution is -0.116. The summed E-state index contributed by atoms with van der Waals surface area (Å²) in [5.74, 6) is -0.161. The Morgan fingerprint density at radius 1 is 1.48 bits per heavy atom. The lowest BCUT2D eigenvalue weighted by Crippen LogP contribution is -2.29. The van der Waals surface area contributed by atoms with Crippen LogP contribution < -0.4 is 5.32 Å². The Balaban J connectivity index is 1.78. The first-order valence-corrected chi connectivity index (χ1v) is 8.40. The van der Waals surface area contributed by atoms with Crippen LogP contribution in [0.3, 0.4) is 0 Å². The average molecular weight is 358 g/mol. The van der Waals surface area contributed by atoms with Crippen LogP contribution in [0, 0.1) is 0 Å². The molecule has 1 saturated carbocycles. The van der Waals surface area contributed by atoms with Crippen LogP contribution in [-0.2, 0) is 16.1 Å². The van der Waals surface area contributed by atoms with Gasteiger partial charge >= 0.3 is 0 Å². The molecule has 1 aromatic rings. The first kappa shape index (κ1) is 18.3. The van der Waals surface area contributed by atoms with Gasteiger partial charge in [-0.2, -0.15) is 0 Å². The molecule has 1 aliphatic rings. The summed E-state index contributed by atoms with van der Waals surface area (Å²) in [6.07, 6.45) is 3.70. The fourth-order valence-corrected chi connectivity index (χ4v) is 2.77. The molecule has 0 aromatic heterocycles. The van der Waals surface area contributed by atoms with Crippen LogP contribution in [0.1, 0.15) is 31.7 Å². The molecule has 6 heteroatoms. The Morgan fingerprint density at radius 3 is 2.96 bits per heavy atom. The molecular formula is C17H21Cl2NO3. The predicted molar refractivity (Wildman–Crippen MR) is 91.7 cm³/mol. The van der Waals surface area contributed by atoms with Gasteiger partial charge in [0, 0.05) is 12.6 Å². The molecule has 2 N–H and O–H groups in total. The van der Waals surface area contributed by atoms with Gasteiger partial charge < -0.3 is 15.2 Å².